The number of phosphoric ester groups is 2. The number of hydrogen-bond acceptors (Lipinski definition) is 13. The van der Waals surface area contributed by atoms with E-state index >= 15 is 4.39 Å². The SMILES string of the molecule is O=c1[nH]cnc2c1ncn2C1OC2COP(=O)(O)OC3C(COP(=O)(O)OC2C1F)OC(n1cnc2cc(Cl)c(Cl)cc21)C3O. The summed E-state index contributed by atoms with van der Waals surface area (Å²) in [6, 6.07) is 2.93. The summed E-state index contributed by atoms with van der Waals surface area (Å²) in [6.45, 7) is -1.72. The van der Waals surface area contributed by atoms with Crippen LogP contribution in [-0.2, 0) is 36.7 Å². The van der Waals surface area contributed by atoms with Crippen molar-refractivity contribution in [2.45, 2.75) is 49.1 Å². The Kier molecular flexibility index (Phi) is 7.93. The van der Waals surface area contributed by atoms with E-state index in [0.29, 0.717) is 11.0 Å². The second-order valence-electron chi connectivity index (χ2n) is 10.2. The van der Waals surface area contributed by atoms with E-state index in [0.717, 1.165) is 17.2 Å². The summed E-state index contributed by atoms with van der Waals surface area (Å²) < 4.78 is 76.4. The summed E-state index contributed by atoms with van der Waals surface area (Å²) >= 11 is 12.2. The van der Waals surface area contributed by atoms with Crippen molar-refractivity contribution in [2.75, 3.05) is 13.2 Å². The summed E-state index contributed by atoms with van der Waals surface area (Å²) in [6.07, 6.45) is -10.0. The molecule has 10 unspecified atom stereocenters. The Labute approximate surface area is 259 Å². The van der Waals surface area contributed by atoms with Crippen molar-refractivity contribution in [3.8, 4) is 0 Å². The number of aliphatic hydroxyl groups excluding tert-OH is 1. The Hall–Kier alpha value is -2.35. The van der Waals surface area contributed by atoms with Gasteiger partial charge in [-0.1, -0.05) is 23.2 Å². The number of halogens is 3. The van der Waals surface area contributed by atoms with Crippen LogP contribution in [0.5, 0.6) is 0 Å². The first-order valence-electron chi connectivity index (χ1n) is 13.0. The molecule has 7 rings (SSSR count). The van der Waals surface area contributed by atoms with Crippen LogP contribution in [0.2, 0.25) is 10.0 Å². The third kappa shape index (κ3) is 5.65. The monoisotopic (exact) mass is 712 g/mol. The summed E-state index contributed by atoms with van der Waals surface area (Å²) in [7, 11) is -10.2. The molecule has 23 heteroatoms. The first-order chi connectivity index (χ1) is 21.3. The van der Waals surface area contributed by atoms with E-state index in [1.54, 1.807) is 0 Å². The number of hydrogen-bond donors (Lipinski definition) is 4. The molecule has 10 atom stereocenters. The second kappa shape index (κ2) is 11.4. The highest BCUT2D eigenvalue weighted by atomic mass is 35.5. The minimum absolute atomic E-state index is 0.0752. The fraction of sp³-hybridized carbons (Fsp3) is 0.455. The summed E-state index contributed by atoms with van der Waals surface area (Å²) in [4.78, 5) is 47.6. The molecule has 0 radical (unpaired) electrons. The molecule has 0 bridgehead atoms. The standard InChI is InChI=1S/C22H21Cl2FN6O12P2/c23-8-1-10-11(2-9(8)24)30(6-28-10)22-16(32)18-13(41-22)4-39-44(34,35)42-17-12(3-38-45(36,37)43-18)40-21(14(17)25)31-7-29-15-19(31)26-5-27-20(15)33/h1-2,5-7,12-14,16-18,21-22,32H,3-4H2,(H,34,35)(H,36,37)(H,26,27,33). The molecular weight excluding hydrogens is 692 g/mol. The van der Waals surface area contributed by atoms with E-state index in [4.69, 9.17) is 50.8 Å². The van der Waals surface area contributed by atoms with E-state index in [-0.39, 0.29) is 21.2 Å². The van der Waals surface area contributed by atoms with Crippen LogP contribution >= 0.6 is 38.8 Å². The predicted octanol–water partition coefficient (Wildman–Crippen LogP) is 1.99. The molecule has 18 nitrogen and oxygen atoms in total. The highest BCUT2D eigenvalue weighted by Crippen LogP contribution is 2.54. The molecule has 0 amide bonds. The van der Waals surface area contributed by atoms with Crippen molar-refractivity contribution in [3.05, 3.63) is 51.5 Å². The molecule has 45 heavy (non-hydrogen) atoms. The predicted molar refractivity (Wildman–Crippen MR) is 148 cm³/mol. The number of aromatic nitrogens is 6. The number of fused-ring (bicyclic) bond motifs is 4. The third-order valence-electron chi connectivity index (χ3n) is 7.42. The fourth-order valence-corrected chi connectivity index (χ4v) is 7.61. The van der Waals surface area contributed by atoms with Crippen LogP contribution < -0.4 is 5.56 Å². The summed E-state index contributed by atoms with van der Waals surface area (Å²) in [5.41, 5.74) is -0.0834. The van der Waals surface area contributed by atoms with E-state index < -0.39 is 83.6 Å². The molecule has 0 saturated carbocycles. The summed E-state index contributed by atoms with van der Waals surface area (Å²) in [5.74, 6) is 0. The first kappa shape index (κ1) is 31.3. The van der Waals surface area contributed by atoms with Crippen molar-refractivity contribution in [1.82, 2.24) is 29.1 Å². The van der Waals surface area contributed by atoms with Crippen molar-refractivity contribution in [2.24, 2.45) is 0 Å². The molecule has 4 aromatic rings. The lowest BCUT2D eigenvalue weighted by Crippen LogP contribution is -2.38. The van der Waals surface area contributed by atoms with Crippen molar-refractivity contribution in [3.63, 3.8) is 0 Å². The topological polar surface area (TPSA) is 232 Å². The maximum atomic E-state index is 15.8. The lowest BCUT2D eigenvalue weighted by Gasteiger charge is -2.27. The molecule has 3 saturated heterocycles. The van der Waals surface area contributed by atoms with Crippen LogP contribution in [0.15, 0.2) is 35.9 Å². The molecule has 242 valence electrons. The van der Waals surface area contributed by atoms with Gasteiger partial charge in [0, 0.05) is 0 Å². The van der Waals surface area contributed by atoms with Gasteiger partial charge in [0.15, 0.2) is 29.8 Å². The van der Waals surface area contributed by atoms with Crippen LogP contribution in [0.3, 0.4) is 0 Å². The second-order valence-corrected chi connectivity index (χ2v) is 13.8. The van der Waals surface area contributed by atoms with E-state index in [9.17, 15) is 28.8 Å². The van der Waals surface area contributed by atoms with E-state index in [1.165, 1.54) is 23.0 Å². The van der Waals surface area contributed by atoms with Crippen LogP contribution in [0, 0.1) is 0 Å². The van der Waals surface area contributed by atoms with Gasteiger partial charge in [-0.2, -0.15) is 0 Å². The highest BCUT2D eigenvalue weighted by Gasteiger charge is 2.54. The number of nitrogens with one attached hydrogen (secondary N) is 1. The van der Waals surface area contributed by atoms with Crippen molar-refractivity contribution >= 4 is 61.0 Å². The lowest BCUT2D eigenvalue weighted by atomic mass is 10.1. The number of benzene rings is 1. The van der Waals surface area contributed by atoms with Gasteiger partial charge in [-0.3, -0.25) is 27.5 Å². The first-order valence-corrected chi connectivity index (χ1v) is 16.7. The fourth-order valence-electron chi connectivity index (χ4n) is 5.37. The van der Waals surface area contributed by atoms with Gasteiger partial charge in [0.1, 0.15) is 30.5 Å². The zero-order valence-corrected chi connectivity index (χ0v) is 25.5. The molecule has 0 spiro atoms. The average molecular weight is 713 g/mol. The number of phosphoric acid groups is 2. The molecule has 3 aromatic heterocycles. The van der Waals surface area contributed by atoms with E-state index in [2.05, 4.69) is 19.9 Å². The van der Waals surface area contributed by atoms with Gasteiger partial charge >= 0.3 is 15.6 Å². The largest absolute Gasteiger partial charge is 0.472 e. The van der Waals surface area contributed by atoms with Crippen LogP contribution in [0.4, 0.5) is 4.39 Å². The number of imidazole rings is 2. The Morgan fingerprint density at radius 1 is 0.911 bits per heavy atom. The lowest BCUT2D eigenvalue weighted by molar-refractivity contribution is -0.0662. The minimum atomic E-state index is -5.11. The van der Waals surface area contributed by atoms with Gasteiger partial charge in [-0.25, -0.2) is 28.5 Å². The smallest absolute Gasteiger partial charge is 0.386 e. The minimum Gasteiger partial charge on any atom is -0.386 e. The molecule has 3 fully saturated rings. The molecule has 0 aliphatic carbocycles. The van der Waals surface area contributed by atoms with Crippen LogP contribution in [0.1, 0.15) is 12.5 Å². The normalized spacial score (nSPS) is 37.7. The van der Waals surface area contributed by atoms with Gasteiger partial charge in [0.2, 0.25) is 0 Å². The maximum absolute atomic E-state index is 15.8. The van der Waals surface area contributed by atoms with Gasteiger partial charge < -0.3 is 33.9 Å². The number of alkyl halides is 1. The Morgan fingerprint density at radius 3 is 2.27 bits per heavy atom. The Bertz CT molecular complexity index is 1950. The van der Waals surface area contributed by atoms with E-state index in [1.807, 2.05) is 0 Å². The number of H-pyrrole nitrogens is 1. The number of nitrogens with zero attached hydrogens (tertiary/aromatic N) is 5. The van der Waals surface area contributed by atoms with Gasteiger partial charge in [-0.05, 0) is 12.1 Å². The molecule has 3 aliphatic rings. The van der Waals surface area contributed by atoms with Gasteiger partial charge in [-0.15, -0.1) is 0 Å². The zero-order chi connectivity index (χ0) is 31.8. The quantitative estimate of drug-likeness (QED) is 0.218. The molecular formula is C22H21Cl2FN6O12P2. The number of aromatic amines is 1. The average Bonchev–Trinajstić information content (AvgIpc) is 3.73. The Balaban J connectivity index is 1.17. The number of rotatable bonds is 2. The van der Waals surface area contributed by atoms with Crippen molar-refractivity contribution < 1.29 is 56.0 Å². The summed E-state index contributed by atoms with van der Waals surface area (Å²) in [5, 5.41) is 11.6. The van der Waals surface area contributed by atoms with Crippen LogP contribution in [-0.4, -0.2) is 93.9 Å². The number of ether oxygens (including phenoxy) is 2. The van der Waals surface area contributed by atoms with Crippen molar-refractivity contribution in [1.29, 1.82) is 0 Å². The Morgan fingerprint density at radius 2 is 1.53 bits per heavy atom. The molecule has 4 N–H and O–H groups in total. The zero-order valence-electron chi connectivity index (χ0n) is 22.2. The number of aliphatic hydroxyl groups is 1. The molecule has 6 heterocycles. The van der Waals surface area contributed by atoms with Gasteiger partial charge in [0.25, 0.3) is 5.56 Å². The highest BCUT2D eigenvalue weighted by molar-refractivity contribution is 7.47. The molecule has 3 aliphatic heterocycles. The molecule has 1 aromatic carbocycles. The van der Waals surface area contributed by atoms with Crippen LogP contribution in [0.25, 0.3) is 22.2 Å². The third-order valence-corrected chi connectivity index (χ3v) is 10.1. The van der Waals surface area contributed by atoms with Gasteiger partial charge in [0.05, 0.1) is 53.3 Å². The maximum Gasteiger partial charge on any atom is 0.472 e.